The summed E-state index contributed by atoms with van der Waals surface area (Å²) in [5.41, 5.74) is 0.569. The van der Waals surface area contributed by atoms with E-state index in [-0.39, 0.29) is 22.0 Å². The van der Waals surface area contributed by atoms with E-state index in [9.17, 15) is 18.0 Å². The molecule has 1 amide bonds. The van der Waals surface area contributed by atoms with Crippen molar-refractivity contribution in [3.63, 3.8) is 0 Å². The lowest BCUT2D eigenvalue weighted by atomic mass is 10.2. The number of aryl methyl sites for hydroxylation is 1. The van der Waals surface area contributed by atoms with Gasteiger partial charge >= 0.3 is 5.97 Å². The van der Waals surface area contributed by atoms with Crippen LogP contribution in [0.1, 0.15) is 33.5 Å². The zero-order chi connectivity index (χ0) is 18.6. The van der Waals surface area contributed by atoms with Crippen LogP contribution in [-0.4, -0.2) is 47.2 Å². The van der Waals surface area contributed by atoms with Crippen LogP contribution in [0.25, 0.3) is 0 Å². The fourth-order valence-corrected chi connectivity index (χ4v) is 3.55. The number of hydrogen-bond donors (Lipinski definition) is 2. The summed E-state index contributed by atoms with van der Waals surface area (Å²) in [6, 6.07) is 5.79. The monoisotopic (exact) mass is 363 g/mol. The van der Waals surface area contributed by atoms with E-state index in [1.54, 1.807) is 19.1 Å². The Kier molecular flexibility index (Phi) is 5.48. The van der Waals surface area contributed by atoms with Crippen LogP contribution in [0.15, 0.2) is 41.6 Å². The van der Waals surface area contributed by atoms with Crippen molar-refractivity contribution >= 4 is 21.7 Å². The minimum Gasteiger partial charge on any atom is -0.476 e. The molecule has 0 fully saturated rings. The summed E-state index contributed by atoms with van der Waals surface area (Å²) in [4.78, 5) is 30.2. The van der Waals surface area contributed by atoms with Crippen LogP contribution in [0.3, 0.4) is 0 Å². The van der Waals surface area contributed by atoms with Gasteiger partial charge in [0, 0.05) is 6.04 Å². The average Bonchev–Trinajstić information content (AvgIpc) is 2.54. The number of nitrogens with one attached hydrogen (secondary N) is 1. The van der Waals surface area contributed by atoms with Gasteiger partial charge in [-0.25, -0.2) is 23.2 Å². The van der Waals surface area contributed by atoms with Crippen LogP contribution >= 0.6 is 0 Å². The van der Waals surface area contributed by atoms with Crippen molar-refractivity contribution in [1.82, 2.24) is 15.3 Å². The smallest absolute Gasteiger partial charge is 0.356 e. The maximum Gasteiger partial charge on any atom is 0.356 e. The fraction of sp³-hybridized carbons (Fsp3) is 0.250. The molecule has 2 N–H and O–H groups in total. The SMILES string of the molecule is Cc1ccc(S(=O)(=O)CC(C)NC(=O)c2cnc(C(=O)O)cn2)cc1. The summed E-state index contributed by atoms with van der Waals surface area (Å²) in [5.74, 6) is -2.16. The van der Waals surface area contributed by atoms with Gasteiger partial charge in [-0.05, 0) is 26.0 Å². The van der Waals surface area contributed by atoms with Crippen LogP contribution in [0, 0.1) is 6.92 Å². The van der Waals surface area contributed by atoms with Crippen molar-refractivity contribution in [3.8, 4) is 0 Å². The number of nitrogens with zero attached hydrogens (tertiary/aromatic N) is 2. The molecule has 1 heterocycles. The Labute approximate surface area is 144 Å². The first-order chi connectivity index (χ1) is 11.7. The van der Waals surface area contributed by atoms with Gasteiger partial charge in [0.1, 0.15) is 5.69 Å². The van der Waals surface area contributed by atoms with E-state index in [0.29, 0.717) is 0 Å². The Bertz CT molecular complexity index is 877. The quantitative estimate of drug-likeness (QED) is 0.786. The second-order valence-corrected chi connectivity index (χ2v) is 7.60. The second-order valence-electron chi connectivity index (χ2n) is 5.56. The highest BCUT2D eigenvalue weighted by Gasteiger charge is 2.21. The predicted octanol–water partition coefficient (Wildman–Crippen LogP) is 1.08. The molecular formula is C16H17N3O5S. The fourth-order valence-electron chi connectivity index (χ4n) is 2.07. The maximum absolute atomic E-state index is 12.3. The Morgan fingerprint density at radius 1 is 1.12 bits per heavy atom. The molecule has 0 aliphatic carbocycles. The normalized spacial score (nSPS) is 12.4. The first-order valence-corrected chi connectivity index (χ1v) is 9.00. The molecule has 25 heavy (non-hydrogen) atoms. The molecule has 0 bridgehead atoms. The van der Waals surface area contributed by atoms with E-state index >= 15 is 0 Å². The lowest BCUT2D eigenvalue weighted by Crippen LogP contribution is -2.38. The molecule has 2 aromatic rings. The first kappa shape index (κ1) is 18.5. The zero-order valence-corrected chi connectivity index (χ0v) is 14.4. The summed E-state index contributed by atoms with van der Waals surface area (Å²) < 4.78 is 24.7. The predicted molar refractivity (Wildman–Crippen MR) is 89.2 cm³/mol. The molecule has 1 unspecified atom stereocenters. The van der Waals surface area contributed by atoms with E-state index in [1.165, 1.54) is 12.1 Å². The van der Waals surface area contributed by atoms with Gasteiger partial charge in [-0.3, -0.25) is 4.79 Å². The van der Waals surface area contributed by atoms with E-state index in [4.69, 9.17) is 5.11 Å². The average molecular weight is 363 g/mol. The molecule has 0 saturated carbocycles. The molecule has 1 atom stereocenters. The van der Waals surface area contributed by atoms with Gasteiger partial charge in [0.25, 0.3) is 5.91 Å². The van der Waals surface area contributed by atoms with Gasteiger partial charge < -0.3 is 10.4 Å². The van der Waals surface area contributed by atoms with Crippen molar-refractivity contribution in [2.75, 3.05) is 5.75 Å². The topological polar surface area (TPSA) is 126 Å². The standard InChI is InChI=1S/C16H17N3O5S/c1-10-3-5-12(6-4-10)25(23,24)9-11(2)19-15(20)13-7-18-14(8-17-13)16(21)22/h3-8,11H,9H2,1-2H3,(H,19,20)(H,21,22). The highest BCUT2D eigenvalue weighted by atomic mass is 32.2. The number of rotatable bonds is 6. The van der Waals surface area contributed by atoms with E-state index < -0.39 is 27.8 Å². The Morgan fingerprint density at radius 2 is 1.68 bits per heavy atom. The summed E-state index contributed by atoms with van der Waals surface area (Å²) in [5, 5.41) is 11.3. The molecule has 8 nitrogen and oxygen atoms in total. The van der Waals surface area contributed by atoms with Crippen LogP contribution in [0.4, 0.5) is 0 Å². The van der Waals surface area contributed by atoms with Gasteiger partial charge in [-0.1, -0.05) is 17.7 Å². The largest absolute Gasteiger partial charge is 0.476 e. The lowest BCUT2D eigenvalue weighted by molar-refractivity contribution is 0.0688. The molecule has 0 aliphatic heterocycles. The Balaban J connectivity index is 2.03. The molecule has 0 radical (unpaired) electrons. The molecule has 9 heteroatoms. The van der Waals surface area contributed by atoms with Crippen molar-refractivity contribution in [2.24, 2.45) is 0 Å². The molecule has 132 valence electrons. The van der Waals surface area contributed by atoms with Gasteiger partial charge in [0.05, 0.1) is 23.0 Å². The van der Waals surface area contributed by atoms with E-state index in [0.717, 1.165) is 18.0 Å². The Hall–Kier alpha value is -2.81. The van der Waals surface area contributed by atoms with Gasteiger partial charge in [0.15, 0.2) is 15.5 Å². The number of aromatic carboxylic acids is 1. The molecule has 1 aromatic carbocycles. The number of amides is 1. The minimum atomic E-state index is -3.55. The molecule has 0 spiro atoms. The lowest BCUT2D eigenvalue weighted by Gasteiger charge is -2.14. The number of sulfone groups is 1. The molecule has 0 aliphatic rings. The van der Waals surface area contributed by atoms with Gasteiger partial charge in [-0.2, -0.15) is 0 Å². The number of carbonyl (C=O) groups excluding carboxylic acids is 1. The molecular weight excluding hydrogens is 346 g/mol. The molecule has 1 aromatic heterocycles. The third kappa shape index (κ3) is 4.83. The summed E-state index contributed by atoms with van der Waals surface area (Å²) in [6.07, 6.45) is 1.99. The first-order valence-electron chi connectivity index (χ1n) is 7.34. The summed E-state index contributed by atoms with van der Waals surface area (Å²) in [6.45, 7) is 3.42. The van der Waals surface area contributed by atoms with Gasteiger partial charge in [-0.15, -0.1) is 0 Å². The third-order valence-electron chi connectivity index (χ3n) is 3.33. The van der Waals surface area contributed by atoms with E-state index in [1.807, 2.05) is 6.92 Å². The zero-order valence-electron chi connectivity index (χ0n) is 13.6. The van der Waals surface area contributed by atoms with Crippen LogP contribution in [0.5, 0.6) is 0 Å². The number of carboxylic acid groups (broad SMARTS) is 1. The Morgan fingerprint density at radius 3 is 2.20 bits per heavy atom. The maximum atomic E-state index is 12.3. The third-order valence-corrected chi connectivity index (χ3v) is 5.26. The molecule has 0 saturated heterocycles. The number of aromatic nitrogens is 2. The van der Waals surface area contributed by atoms with Crippen LogP contribution in [0.2, 0.25) is 0 Å². The molecule has 2 rings (SSSR count). The van der Waals surface area contributed by atoms with E-state index in [2.05, 4.69) is 15.3 Å². The number of hydrogen-bond acceptors (Lipinski definition) is 6. The number of benzene rings is 1. The minimum absolute atomic E-state index is 0.0930. The number of carbonyl (C=O) groups is 2. The highest BCUT2D eigenvalue weighted by Crippen LogP contribution is 2.13. The highest BCUT2D eigenvalue weighted by molar-refractivity contribution is 7.91. The van der Waals surface area contributed by atoms with Crippen molar-refractivity contribution < 1.29 is 23.1 Å². The van der Waals surface area contributed by atoms with Crippen LogP contribution in [-0.2, 0) is 9.84 Å². The summed E-state index contributed by atoms with van der Waals surface area (Å²) >= 11 is 0. The second kappa shape index (κ2) is 7.39. The van der Waals surface area contributed by atoms with Crippen molar-refractivity contribution in [3.05, 3.63) is 53.6 Å². The van der Waals surface area contributed by atoms with Gasteiger partial charge in [0.2, 0.25) is 0 Å². The van der Waals surface area contributed by atoms with Crippen molar-refractivity contribution in [1.29, 1.82) is 0 Å². The van der Waals surface area contributed by atoms with Crippen LogP contribution < -0.4 is 5.32 Å². The summed E-state index contributed by atoms with van der Waals surface area (Å²) in [7, 11) is -3.55. The number of carboxylic acids is 1. The van der Waals surface area contributed by atoms with Crippen molar-refractivity contribution in [2.45, 2.75) is 24.8 Å².